The molecule has 0 bridgehead atoms. The zero-order valence-corrected chi connectivity index (χ0v) is 19.3. The van der Waals surface area contributed by atoms with Gasteiger partial charge < -0.3 is 14.6 Å². The Bertz CT molecular complexity index is 1350. The number of pyridine rings is 1. The molecule has 4 heterocycles. The van der Waals surface area contributed by atoms with E-state index in [2.05, 4.69) is 62.9 Å². The molecule has 1 aliphatic heterocycles. The third kappa shape index (κ3) is 3.61. The number of hydrogen-bond acceptors (Lipinski definition) is 6. The van der Waals surface area contributed by atoms with Crippen molar-refractivity contribution in [3.63, 3.8) is 0 Å². The molecule has 0 radical (unpaired) electrons. The molecule has 0 unspecified atom stereocenters. The van der Waals surface area contributed by atoms with Gasteiger partial charge in [-0.3, -0.25) is 0 Å². The number of aromatic nitrogens is 5. The van der Waals surface area contributed by atoms with E-state index < -0.39 is 0 Å². The summed E-state index contributed by atoms with van der Waals surface area (Å²) < 4.78 is 6.13. The average Bonchev–Trinajstić information content (AvgIpc) is 3.05. The normalized spacial score (nSPS) is 20.2. The summed E-state index contributed by atoms with van der Waals surface area (Å²) in [5.41, 5.74) is 7.56. The average molecular weight is 441 g/mol. The maximum absolute atomic E-state index is 6.13. The highest BCUT2D eigenvalue weighted by Gasteiger charge is 2.28. The van der Waals surface area contributed by atoms with E-state index in [1.807, 2.05) is 13.1 Å². The molecule has 2 aliphatic rings. The standard InChI is InChI=1S/C26H28N6O/c1-15-8-21-22(9-16(15)2)28-14-29-26(21)32-6-7-33-24-5-4-18(10-20(24)13-32)19-11-23-25(27-12-19)31-17(3)30-23/h4-5,10-12,14-16H,6-9,13H2,1-3H3,(H,27,30,31)/t15-,16-/m0/s1. The van der Waals surface area contributed by atoms with E-state index in [1.54, 1.807) is 6.33 Å². The monoisotopic (exact) mass is 440 g/mol. The number of benzene rings is 1. The molecule has 1 aromatic carbocycles. The van der Waals surface area contributed by atoms with E-state index in [9.17, 15) is 0 Å². The molecule has 2 atom stereocenters. The van der Waals surface area contributed by atoms with Gasteiger partial charge in [-0.2, -0.15) is 0 Å². The van der Waals surface area contributed by atoms with Crippen LogP contribution in [0.4, 0.5) is 5.82 Å². The molecule has 0 spiro atoms. The molecule has 7 heteroatoms. The summed E-state index contributed by atoms with van der Waals surface area (Å²) in [6.45, 7) is 8.81. The van der Waals surface area contributed by atoms with Crippen molar-refractivity contribution in [2.45, 2.75) is 40.2 Å². The Morgan fingerprint density at radius 2 is 1.91 bits per heavy atom. The summed E-state index contributed by atoms with van der Waals surface area (Å²) in [6.07, 6.45) is 5.68. The van der Waals surface area contributed by atoms with Crippen LogP contribution in [-0.4, -0.2) is 38.1 Å². The van der Waals surface area contributed by atoms with Gasteiger partial charge in [0, 0.05) is 35.1 Å². The van der Waals surface area contributed by atoms with Crippen LogP contribution in [0, 0.1) is 18.8 Å². The topological polar surface area (TPSA) is 79.8 Å². The number of hydrogen-bond donors (Lipinski definition) is 1. The summed E-state index contributed by atoms with van der Waals surface area (Å²) in [7, 11) is 0. The first kappa shape index (κ1) is 20.1. The molecule has 1 aliphatic carbocycles. The smallest absolute Gasteiger partial charge is 0.177 e. The maximum atomic E-state index is 6.13. The minimum Gasteiger partial charge on any atom is -0.491 e. The Hall–Kier alpha value is -3.48. The lowest BCUT2D eigenvalue weighted by Crippen LogP contribution is -2.30. The van der Waals surface area contributed by atoms with Gasteiger partial charge in [0.05, 0.1) is 12.1 Å². The van der Waals surface area contributed by atoms with Crippen LogP contribution < -0.4 is 9.64 Å². The van der Waals surface area contributed by atoms with Crippen molar-refractivity contribution in [2.75, 3.05) is 18.1 Å². The number of aryl methyl sites for hydroxylation is 1. The molecule has 1 N–H and O–H groups in total. The number of H-pyrrole nitrogens is 1. The molecule has 4 aromatic rings. The minimum atomic E-state index is 0.637. The lowest BCUT2D eigenvalue weighted by molar-refractivity contribution is 0.330. The van der Waals surface area contributed by atoms with E-state index in [0.29, 0.717) is 18.4 Å². The lowest BCUT2D eigenvalue weighted by atomic mass is 9.80. The van der Waals surface area contributed by atoms with Crippen molar-refractivity contribution in [2.24, 2.45) is 11.8 Å². The third-order valence-corrected chi connectivity index (χ3v) is 7.15. The fraction of sp³-hybridized carbons (Fsp3) is 0.385. The van der Waals surface area contributed by atoms with Gasteiger partial charge >= 0.3 is 0 Å². The van der Waals surface area contributed by atoms with E-state index in [0.717, 1.165) is 71.2 Å². The second-order valence-corrected chi connectivity index (χ2v) is 9.50. The molecule has 3 aromatic heterocycles. The van der Waals surface area contributed by atoms with Crippen LogP contribution in [0.1, 0.15) is 36.5 Å². The van der Waals surface area contributed by atoms with Gasteiger partial charge in [-0.05, 0) is 55.4 Å². The lowest BCUT2D eigenvalue weighted by Gasteiger charge is -2.31. The van der Waals surface area contributed by atoms with Gasteiger partial charge in [0.2, 0.25) is 0 Å². The number of nitrogens with zero attached hydrogens (tertiary/aromatic N) is 5. The van der Waals surface area contributed by atoms with Gasteiger partial charge in [0.25, 0.3) is 0 Å². The van der Waals surface area contributed by atoms with E-state index >= 15 is 0 Å². The van der Waals surface area contributed by atoms with Crippen molar-refractivity contribution in [1.29, 1.82) is 0 Å². The van der Waals surface area contributed by atoms with Crippen LogP contribution in [-0.2, 0) is 19.4 Å². The van der Waals surface area contributed by atoms with Crippen molar-refractivity contribution in [3.8, 4) is 16.9 Å². The van der Waals surface area contributed by atoms with Crippen molar-refractivity contribution in [1.82, 2.24) is 24.9 Å². The summed E-state index contributed by atoms with van der Waals surface area (Å²) in [5.74, 6) is 4.17. The molecule has 6 rings (SSSR count). The van der Waals surface area contributed by atoms with Crippen LogP contribution in [0.5, 0.6) is 5.75 Å². The molecule has 0 saturated carbocycles. The Morgan fingerprint density at radius 1 is 1.03 bits per heavy atom. The van der Waals surface area contributed by atoms with Crippen LogP contribution in [0.3, 0.4) is 0 Å². The van der Waals surface area contributed by atoms with E-state index in [-0.39, 0.29) is 0 Å². The number of fused-ring (bicyclic) bond motifs is 3. The van der Waals surface area contributed by atoms with E-state index in [1.165, 1.54) is 11.3 Å². The highest BCUT2D eigenvalue weighted by atomic mass is 16.5. The molecular weight excluding hydrogens is 412 g/mol. The van der Waals surface area contributed by atoms with Crippen molar-refractivity contribution >= 4 is 17.0 Å². The van der Waals surface area contributed by atoms with Gasteiger partial charge in [-0.15, -0.1) is 0 Å². The number of ether oxygens (including phenoxy) is 1. The molecule has 0 amide bonds. The second-order valence-electron chi connectivity index (χ2n) is 9.50. The summed E-state index contributed by atoms with van der Waals surface area (Å²) >= 11 is 0. The summed E-state index contributed by atoms with van der Waals surface area (Å²) in [4.78, 5) is 24.0. The van der Waals surface area contributed by atoms with Gasteiger partial charge in [0.15, 0.2) is 5.65 Å². The first-order chi connectivity index (χ1) is 16.0. The fourth-order valence-corrected chi connectivity index (χ4v) is 5.06. The van der Waals surface area contributed by atoms with Gasteiger partial charge in [-0.25, -0.2) is 19.9 Å². The number of imidazole rings is 1. The fourth-order valence-electron chi connectivity index (χ4n) is 5.06. The second kappa shape index (κ2) is 7.83. The zero-order valence-electron chi connectivity index (χ0n) is 19.3. The quantitative estimate of drug-likeness (QED) is 0.495. The molecular formula is C26H28N6O. The van der Waals surface area contributed by atoms with Crippen LogP contribution in [0.25, 0.3) is 22.3 Å². The highest BCUT2D eigenvalue weighted by molar-refractivity contribution is 5.78. The Labute approximate surface area is 193 Å². The van der Waals surface area contributed by atoms with Crippen LogP contribution in [0.15, 0.2) is 36.8 Å². The number of anilines is 1. The molecule has 0 fully saturated rings. The number of nitrogens with one attached hydrogen (secondary N) is 1. The molecule has 7 nitrogen and oxygen atoms in total. The van der Waals surface area contributed by atoms with Crippen LogP contribution in [0.2, 0.25) is 0 Å². The first-order valence-corrected chi connectivity index (χ1v) is 11.7. The SMILES string of the molecule is Cc1nc2ncc(-c3ccc4c(c3)CN(c3ncnc5c3C[C@H](C)[C@@H](C)C5)CCO4)cc2[nH]1. The number of rotatable bonds is 2. The summed E-state index contributed by atoms with van der Waals surface area (Å²) in [6, 6.07) is 8.52. The largest absolute Gasteiger partial charge is 0.491 e. The van der Waals surface area contributed by atoms with Gasteiger partial charge in [0.1, 0.15) is 30.3 Å². The maximum Gasteiger partial charge on any atom is 0.177 e. The predicted molar refractivity (Wildman–Crippen MR) is 128 cm³/mol. The predicted octanol–water partition coefficient (Wildman–Crippen LogP) is 4.49. The Kier molecular flexibility index (Phi) is 4.78. The number of aromatic amines is 1. The Balaban J connectivity index is 1.35. The summed E-state index contributed by atoms with van der Waals surface area (Å²) in [5, 5.41) is 0. The van der Waals surface area contributed by atoms with Crippen molar-refractivity contribution < 1.29 is 4.74 Å². The van der Waals surface area contributed by atoms with Gasteiger partial charge in [-0.1, -0.05) is 19.9 Å². The van der Waals surface area contributed by atoms with Crippen molar-refractivity contribution in [3.05, 3.63) is 59.4 Å². The van der Waals surface area contributed by atoms with E-state index in [4.69, 9.17) is 9.72 Å². The van der Waals surface area contributed by atoms with Crippen LogP contribution >= 0.6 is 0 Å². The molecule has 168 valence electrons. The Morgan fingerprint density at radius 3 is 2.82 bits per heavy atom. The first-order valence-electron chi connectivity index (χ1n) is 11.7. The molecule has 33 heavy (non-hydrogen) atoms. The minimum absolute atomic E-state index is 0.637. The molecule has 0 saturated heterocycles. The zero-order chi connectivity index (χ0) is 22.5. The third-order valence-electron chi connectivity index (χ3n) is 7.15. The highest BCUT2D eigenvalue weighted by Crippen LogP contribution is 2.36.